The van der Waals surface area contributed by atoms with Gasteiger partial charge >= 0.3 is 6.01 Å². The molecule has 2 saturated heterocycles. The number of hydrogen-bond acceptors (Lipinski definition) is 10. The molecule has 8 rings (SSSR count). The van der Waals surface area contributed by atoms with Crippen LogP contribution in [0.1, 0.15) is 31.7 Å². The van der Waals surface area contributed by atoms with Gasteiger partial charge in [-0.1, -0.05) is 23.7 Å². The van der Waals surface area contributed by atoms with Crippen LogP contribution >= 0.6 is 22.9 Å². The van der Waals surface area contributed by atoms with E-state index in [1.165, 1.54) is 19.1 Å². The van der Waals surface area contributed by atoms with Gasteiger partial charge < -0.3 is 25.4 Å². The van der Waals surface area contributed by atoms with Crippen molar-refractivity contribution >= 4 is 72.0 Å². The second kappa shape index (κ2) is 12.2. The number of anilines is 4. The number of benzene rings is 3. The van der Waals surface area contributed by atoms with E-state index in [0.717, 1.165) is 30.7 Å². The summed E-state index contributed by atoms with van der Waals surface area (Å²) in [6, 6.07) is 11.5. The number of nitrogens with one attached hydrogen (secondary N) is 1. The van der Waals surface area contributed by atoms with E-state index in [-0.39, 0.29) is 90.9 Å². The molecule has 0 aliphatic carbocycles. The number of carbonyl (C=O) groups is 1. The molecule has 3 aliphatic heterocycles. The van der Waals surface area contributed by atoms with Crippen LogP contribution in [0.25, 0.3) is 32.1 Å². The predicted octanol–water partition coefficient (Wildman–Crippen LogP) is 7.34. The third-order valence-corrected chi connectivity index (χ3v) is 11.1. The molecule has 2 fully saturated rings. The third-order valence-electron chi connectivity index (χ3n) is 9.67. The standard InChI is InChI=1S/C35H29ClF3N7O3S/c1-17(47)42-19-4-2-5-20(12-19)46-10-11-48-30-26-29(43-34(44-33(26)46)49-16-35-8-3-9-45(35)15-18(37)13-35)28(39)25(27(30)36)21-6-7-23(38)31-24(21)22(14-40)32(41)50-31/h2,4-7,12,18H,3,8-11,13,15-16,41H2,1H3,(H,42,47)/t18-,35?/m1/s1. The number of thiophene rings is 1. The molecule has 256 valence electrons. The predicted molar refractivity (Wildman–Crippen MR) is 186 cm³/mol. The quantitative estimate of drug-likeness (QED) is 0.185. The average molecular weight is 720 g/mol. The highest BCUT2D eigenvalue weighted by atomic mass is 35.5. The van der Waals surface area contributed by atoms with E-state index in [0.29, 0.717) is 24.3 Å². The molecule has 1 unspecified atom stereocenters. The molecule has 2 aromatic heterocycles. The molecule has 50 heavy (non-hydrogen) atoms. The van der Waals surface area contributed by atoms with E-state index in [1.807, 2.05) is 12.1 Å². The first kappa shape index (κ1) is 32.4. The highest BCUT2D eigenvalue weighted by molar-refractivity contribution is 7.23. The highest BCUT2D eigenvalue weighted by Crippen LogP contribution is 2.51. The lowest BCUT2D eigenvalue weighted by Crippen LogP contribution is -2.43. The topological polar surface area (TPSA) is 130 Å². The van der Waals surface area contributed by atoms with E-state index in [4.69, 9.17) is 31.8 Å². The first-order chi connectivity index (χ1) is 24.1. The Hall–Kier alpha value is -4.84. The van der Waals surface area contributed by atoms with Crippen LogP contribution in [0, 0.1) is 23.0 Å². The maximum Gasteiger partial charge on any atom is 0.319 e. The normalized spacial score (nSPS) is 20.1. The summed E-state index contributed by atoms with van der Waals surface area (Å²) in [4.78, 5) is 25.1. The van der Waals surface area contributed by atoms with Crippen LogP contribution in [0.15, 0.2) is 36.4 Å². The highest BCUT2D eigenvalue weighted by Gasteiger charge is 2.49. The molecular weight excluding hydrogens is 691 g/mol. The molecule has 2 atom stereocenters. The Bertz CT molecular complexity index is 2280. The summed E-state index contributed by atoms with van der Waals surface area (Å²) in [5.74, 6) is -1.41. The van der Waals surface area contributed by atoms with Gasteiger partial charge in [0.25, 0.3) is 0 Å². The van der Waals surface area contributed by atoms with E-state index in [9.17, 15) is 14.4 Å². The fraction of sp³-hybridized carbons (Fsp3) is 0.314. The Morgan fingerprint density at radius 3 is 2.90 bits per heavy atom. The molecule has 15 heteroatoms. The Kier molecular flexibility index (Phi) is 7.89. The summed E-state index contributed by atoms with van der Waals surface area (Å²) in [5.41, 5.74) is 6.53. The second-order valence-electron chi connectivity index (χ2n) is 12.7. The minimum Gasteiger partial charge on any atom is -0.489 e. The lowest BCUT2D eigenvalue weighted by Gasteiger charge is -2.31. The smallest absolute Gasteiger partial charge is 0.319 e. The summed E-state index contributed by atoms with van der Waals surface area (Å²) < 4.78 is 59.4. The van der Waals surface area contributed by atoms with Crippen LogP contribution in [-0.4, -0.2) is 65.3 Å². The van der Waals surface area contributed by atoms with Crippen molar-refractivity contribution in [1.29, 1.82) is 5.26 Å². The van der Waals surface area contributed by atoms with Gasteiger partial charge in [0.2, 0.25) is 5.91 Å². The zero-order chi connectivity index (χ0) is 34.9. The number of nitrogens with two attached hydrogens (primary N) is 1. The van der Waals surface area contributed by atoms with Crippen molar-refractivity contribution in [2.45, 2.75) is 37.9 Å². The van der Waals surface area contributed by atoms with Gasteiger partial charge in [0, 0.05) is 42.2 Å². The molecule has 0 saturated carbocycles. The molecule has 10 nitrogen and oxygen atoms in total. The van der Waals surface area contributed by atoms with Crippen LogP contribution in [0.3, 0.4) is 0 Å². The van der Waals surface area contributed by atoms with Gasteiger partial charge in [-0.2, -0.15) is 15.2 Å². The van der Waals surface area contributed by atoms with Gasteiger partial charge in [-0.05, 0) is 49.2 Å². The molecule has 0 radical (unpaired) electrons. The maximum absolute atomic E-state index is 17.2. The number of hydrogen-bond donors (Lipinski definition) is 2. The molecule has 3 aromatic carbocycles. The molecule has 5 aromatic rings. The van der Waals surface area contributed by atoms with Crippen molar-refractivity contribution in [3.63, 3.8) is 0 Å². The summed E-state index contributed by atoms with van der Waals surface area (Å²) in [5, 5.41) is 13.0. The molecular formula is C35H29ClF3N7O3S. The lowest BCUT2D eigenvalue weighted by atomic mass is 9.95. The zero-order valence-corrected chi connectivity index (χ0v) is 28.2. The van der Waals surface area contributed by atoms with Crippen molar-refractivity contribution in [2.75, 3.05) is 48.8 Å². The average Bonchev–Trinajstić information content (AvgIpc) is 3.68. The Labute approximate surface area is 293 Å². The maximum atomic E-state index is 17.2. The monoisotopic (exact) mass is 719 g/mol. The van der Waals surface area contributed by atoms with E-state index >= 15 is 8.78 Å². The molecule has 1 amide bonds. The number of rotatable bonds is 6. The Morgan fingerprint density at radius 1 is 1.26 bits per heavy atom. The van der Waals surface area contributed by atoms with Crippen LogP contribution in [-0.2, 0) is 4.79 Å². The number of nitriles is 1. The summed E-state index contributed by atoms with van der Waals surface area (Å²) >= 11 is 7.91. The molecule has 0 bridgehead atoms. The number of nitrogens with zero attached hydrogens (tertiary/aromatic N) is 5. The van der Waals surface area contributed by atoms with Crippen LogP contribution < -0.4 is 25.4 Å². The van der Waals surface area contributed by atoms with Gasteiger partial charge in [-0.25, -0.2) is 13.2 Å². The van der Waals surface area contributed by atoms with Crippen molar-refractivity contribution < 1.29 is 27.4 Å². The molecule has 0 spiro atoms. The summed E-state index contributed by atoms with van der Waals surface area (Å²) in [7, 11) is 0. The Morgan fingerprint density at radius 2 is 2.10 bits per heavy atom. The molecule has 3 aliphatic rings. The number of carbonyl (C=O) groups excluding carboxylic acids is 1. The number of alkyl halides is 1. The SMILES string of the molecule is CC(=O)Nc1cccc(N2CCOc3c(Cl)c(-c4ccc(F)c5sc(N)c(C#N)c45)c(F)c4nc(OCC56CCCN5C[C@H](F)C6)nc2c34)c1. The lowest BCUT2D eigenvalue weighted by molar-refractivity contribution is -0.114. The number of ether oxygens (including phenoxy) is 2. The van der Waals surface area contributed by atoms with Gasteiger partial charge in [0.15, 0.2) is 17.4 Å². The van der Waals surface area contributed by atoms with Crippen molar-refractivity contribution in [3.8, 4) is 29.0 Å². The van der Waals surface area contributed by atoms with Gasteiger partial charge in [-0.3, -0.25) is 9.69 Å². The van der Waals surface area contributed by atoms with E-state index < -0.39 is 23.3 Å². The fourth-order valence-corrected chi connectivity index (χ4v) is 8.86. The van der Waals surface area contributed by atoms with E-state index in [1.54, 1.807) is 23.1 Å². The zero-order valence-electron chi connectivity index (χ0n) is 26.7. The van der Waals surface area contributed by atoms with Crippen LogP contribution in [0.4, 0.5) is 35.4 Å². The van der Waals surface area contributed by atoms with Gasteiger partial charge in [-0.15, -0.1) is 11.3 Å². The van der Waals surface area contributed by atoms with Crippen LogP contribution in [0.5, 0.6) is 11.8 Å². The van der Waals surface area contributed by atoms with Crippen molar-refractivity contribution in [2.24, 2.45) is 0 Å². The summed E-state index contributed by atoms with van der Waals surface area (Å²) in [6.45, 7) is 2.90. The number of halogens is 4. The number of fused-ring (bicyclic) bond motifs is 2. The first-order valence-corrected chi connectivity index (χ1v) is 17.2. The summed E-state index contributed by atoms with van der Waals surface area (Å²) in [6.07, 6.45) is 0.978. The first-order valence-electron chi connectivity index (χ1n) is 16.0. The van der Waals surface area contributed by atoms with E-state index in [2.05, 4.69) is 15.2 Å². The number of nitrogen functional groups attached to an aromatic ring is 1. The molecule has 3 N–H and O–H groups in total. The second-order valence-corrected chi connectivity index (χ2v) is 14.2. The largest absolute Gasteiger partial charge is 0.489 e. The minimum atomic E-state index is -0.980. The van der Waals surface area contributed by atoms with Crippen LogP contribution in [0.2, 0.25) is 5.02 Å². The van der Waals surface area contributed by atoms with Gasteiger partial charge in [0.1, 0.15) is 41.8 Å². The fourth-order valence-electron chi connectivity index (χ4n) is 7.57. The van der Waals surface area contributed by atoms with Crippen molar-refractivity contribution in [3.05, 3.63) is 58.6 Å². The van der Waals surface area contributed by atoms with Gasteiger partial charge in [0.05, 0.1) is 32.8 Å². The number of aromatic nitrogens is 2. The third kappa shape index (κ3) is 5.14. The van der Waals surface area contributed by atoms with Crippen molar-refractivity contribution in [1.82, 2.24) is 14.9 Å². The number of amides is 1. The minimum absolute atomic E-state index is 0.00239. The molecule has 5 heterocycles. The Balaban J connectivity index is 1.35.